The number of aliphatic hydroxyl groups excluding tert-OH is 1. The number of aliphatic hydroxyl groups is 1. The van der Waals surface area contributed by atoms with Crippen molar-refractivity contribution in [3.63, 3.8) is 0 Å². The quantitative estimate of drug-likeness (QED) is 0.0836. The van der Waals surface area contributed by atoms with Gasteiger partial charge < -0.3 is 43.8 Å². The summed E-state index contributed by atoms with van der Waals surface area (Å²) >= 11 is 0. The summed E-state index contributed by atoms with van der Waals surface area (Å²) in [5, 5.41) is 23.0. The zero-order valence-corrected chi connectivity index (χ0v) is 15.3. The van der Waals surface area contributed by atoms with Gasteiger partial charge in [-0.15, -0.1) is 0 Å². The van der Waals surface area contributed by atoms with Crippen molar-refractivity contribution in [3.8, 4) is 0 Å². The number of carbonyl (C=O) groups excluding carboxylic acids is 2. The second kappa shape index (κ2) is 13.7. The van der Waals surface area contributed by atoms with E-state index in [-0.39, 0.29) is 25.3 Å². The summed E-state index contributed by atoms with van der Waals surface area (Å²) in [5.41, 5.74) is 21.3. The first-order valence-electron chi connectivity index (χ1n) is 8.68. The minimum atomic E-state index is -1.20. The molecule has 0 radical (unpaired) electrons. The van der Waals surface area contributed by atoms with E-state index in [1.807, 2.05) is 0 Å². The lowest BCUT2D eigenvalue weighted by molar-refractivity contribution is -0.142. The van der Waals surface area contributed by atoms with Crippen LogP contribution in [-0.2, 0) is 14.4 Å². The number of hydrogen-bond acceptors (Lipinski definition) is 7. The van der Waals surface area contributed by atoms with Crippen LogP contribution in [0.15, 0.2) is 4.99 Å². The van der Waals surface area contributed by atoms with Crippen LogP contribution in [0.3, 0.4) is 0 Å². The predicted octanol–water partition coefficient (Wildman–Crippen LogP) is -3.46. The maximum absolute atomic E-state index is 12.5. The molecule has 0 spiro atoms. The number of amides is 2. The Kier molecular flexibility index (Phi) is 12.5. The molecule has 0 aromatic heterocycles. The zero-order chi connectivity index (χ0) is 20.8. The van der Waals surface area contributed by atoms with Gasteiger partial charge in [0.25, 0.3) is 0 Å². The van der Waals surface area contributed by atoms with Crippen LogP contribution in [0.5, 0.6) is 0 Å². The Bertz CT molecular complexity index is 511. The molecule has 0 unspecified atom stereocenters. The number of unbranched alkanes of at least 4 members (excludes halogenated alkanes) is 1. The van der Waals surface area contributed by atoms with Gasteiger partial charge in [0.15, 0.2) is 5.96 Å². The second-order valence-electron chi connectivity index (χ2n) is 5.98. The summed E-state index contributed by atoms with van der Waals surface area (Å²) < 4.78 is 0. The fraction of sp³-hybridized carbons (Fsp3) is 0.733. The van der Waals surface area contributed by atoms with Crippen LogP contribution in [0.2, 0.25) is 0 Å². The molecule has 27 heavy (non-hydrogen) atoms. The highest BCUT2D eigenvalue weighted by Gasteiger charge is 2.27. The Labute approximate surface area is 157 Å². The Morgan fingerprint density at radius 1 is 0.963 bits per heavy atom. The summed E-state index contributed by atoms with van der Waals surface area (Å²) in [6.45, 7) is 0.0563. The number of carboxylic acid groups (broad SMARTS) is 1. The molecule has 3 atom stereocenters. The third-order valence-electron chi connectivity index (χ3n) is 3.67. The van der Waals surface area contributed by atoms with E-state index in [9.17, 15) is 19.5 Å². The maximum atomic E-state index is 12.5. The molecule has 0 aliphatic rings. The molecule has 0 fully saturated rings. The van der Waals surface area contributed by atoms with Gasteiger partial charge in [-0.2, -0.15) is 0 Å². The summed E-state index contributed by atoms with van der Waals surface area (Å²) in [5.74, 6) is -2.68. The van der Waals surface area contributed by atoms with Gasteiger partial charge >= 0.3 is 5.97 Å². The molecule has 0 saturated carbocycles. The van der Waals surface area contributed by atoms with Gasteiger partial charge in [-0.25, -0.2) is 4.79 Å². The Morgan fingerprint density at radius 2 is 1.56 bits per heavy atom. The van der Waals surface area contributed by atoms with Gasteiger partial charge in [-0.3, -0.25) is 14.6 Å². The monoisotopic (exact) mass is 389 g/mol. The number of guanidine groups is 1. The van der Waals surface area contributed by atoms with E-state index in [1.165, 1.54) is 0 Å². The van der Waals surface area contributed by atoms with Crippen LogP contribution in [0.25, 0.3) is 0 Å². The van der Waals surface area contributed by atoms with Crippen LogP contribution in [-0.4, -0.2) is 71.8 Å². The molecule has 0 saturated heterocycles. The lowest BCUT2D eigenvalue weighted by Gasteiger charge is -2.22. The lowest BCUT2D eigenvalue weighted by Crippen LogP contribution is -2.55. The average molecular weight is 389 g/mol. The minimum absolute atomic E-state index is 0.104. The molecule has 12 heteroatoms. The number of aliphatic imine (C=N–C) groups is 1. The van der Waals surface area contributed by atoms with E-state index in [2.05, 4.69) is 15.6 Å². The molecule has 12 nitrogen and oxygen atoms in total. The fourth-order valence-electron chi connectivity index (χ4n) is 2.16. The predicted molar refractivity (Wildman–Crippen MR) is 99.4 cm³/mol. The maximum Gasteiger partial charge on any atom is 0.326 e. The van der Waals surface area contributed by atoms with Crippen molar-refractivity contribution in [2.24, 2.45) is 27.9 Å². The van der Waals surface area contributed by atoms with E-state index < -0.39 is 42.5 Å². The lowest BCUT2D eigenvalue weighted by atomic mass is 10.1. The molecule has 12 N–H and O–H groups in total. The van der Waals surface area contributed by atoms with E-state index in [0.29, 0.717) is 25.8 Å². The van der Waals surface area contributed by atoms with Gasteiger partial charge in [0.1, 0.15) is 18.1 Å². The first-order valence-corrected chi connectivity index (χ1v) is 8.68. The van der Waals surface area contributed by atoms with Gasteiger partial charge in [0, 0.05) is 6.54 Å². The highest BCUT2D eigenvalue weighted by molar-refractivity contribution is 5.91. The normalized spacial score (nSPS) is 13.9. The molecule has 0 heterocycles. The number of hydrogen-bond donors (Lipinski definition) is 8. The van der Waals surface area contributed by atoms with E-state index in [0.717, 1.165) is 0 Å². The third kappa shape index (κ3) is 11.0. The van der Waals surface area contributed by atoms with Crippen LogP contribution < -0.4 is 33.6 Å². The van der Waals surface area contributed by atoms with Crippen molar-refractivity contribution < 1.29 is 24.6 Å². The number of carbonyl (C=O) groups is 3. The van der Waals surface area contributed by atoms with Crippen molar-refractivity contribution in [1.82, 2.24) is 10.6 Å². The number of nitrogens with zero attached hydrogens (tertiary/aromatic N) is 1. The van der Waals surface area contributed by atoms with E-state index >= 15 is 0 Å². The molecule has 0 aliphatic heterocycles. The number of aliphatic carboxylic acids is 1. The van der Waals surface area contributed by atoms with Crippen molar-refractivity contribution in [2.45, 2.75) is 50.2 Å². The Morgan fingerprint density at radius 3 is 2.07 bits per heavy atom. The first-order chi connectivity index (χ1) is 12.7. The number of nitrogens with one attached hydrogen (secondary N) is 2. The SMILES string of the molecule is NCCCC[C@H](NC(=O)[C@H](CCCN=C(N)N)NC(=O)[C@@H](N)CO)C(=O)O. The van der Waals surface area contributed by atoms with Crippen molar-refractivity contribution in [2.75, 3.05) is 19.7 Å². The smallest absolute Gasteiger partial charge is 0.326 e. The van der Waals surface area contributed by atoms with Gasteiger partial charge in [-0.05, 0) is 38.6 Å². The third-order valence-corrected chi connectivity index (χ3v) is 3.67. The van der Waals surface area contributed by atoms with Crippen LogP contribution in [0, 0.1) is 0 Å². The first kappa shape index (κ1) is 24.6. The Balaban J connectivity index is 4.96. The molecule has 0 bridgehead atoms. The van der Waals surface area contributed by atoms with Crippen molar-refractivity contribution in [3.05, 3.63) is 0 Å². The van der Waals surface area contributed by atoms with Crippen molar-refractivity contribution in [1.29, 1.82) is 0 Å². The number of nitrogens with two attached hydrogens (primary N) is 4. The van der Waals surface area contributed by atoms with Crippen LogP contribution >= 0.6 is 0 Å². The fourth-order valence-corrected chi connectivity index (χ4v) is 2.16. The summed E-state index contributed by atoms with van der Waals surface area (Å²) in [6.07, 6.45) is 1.88. The highest BCUT2D eigenvalue weighted by atomic mass is 16.4. The number of carboxylic acids is 1. The van der Waals surface area contributed by atoms with Gasteiger partial charge in [-0.1, -0.05) is 0 Å². The standard InChI is InChI=1S/C15H31N7O5/c16-6-2-1-4-11(14(26)27)22-13(25)10(5-3-7-20-15(18)19)21-12(24)9(17)8-23/h9-11,23H,1-8,16-17H2,(H,21,24)(H,22,25)(H,26,27)(H4,18,19,20)/t9-,10-,11-/m0/s1. The average Bonchev–Trinajstić information content (AvgIpc) is 2.61. The summed E-state index contributed by atoms with van der Waals surface area (Å²) in [4.78, 5) is 39.5. The molecular formula is C15H31N7O5. The summed E-state index contributed by atoms with van der Waals surface area (Å²) in [6, 6.07) is -3.34. The van der Waals surface area contributed by atoms with Crippen LogP contribution in [0.1, 0.15) is 32.1 Å². The molecule has 0 aliphatic carbocycles. The van der Waals surface area contributed by atoms with Crippen LogP contribution in [0.4, 0.5) is 0 Å². The molecular weight excluding hydrogens is 358 g/mol. The van der Waals surface area contributed by atoms with Gasteiger partial charge in [0.2, 0.25) is 11.8 Å². The zero-order valence-electron chi connectivity index (χ0n) is 15.3. The molecule has 0 rings (SSSR count). The molecule has 2 amide bonds. The van der Waals surface area contributed by atoms with E-state index in [4.69, 9.17) is 28.0 Å². The number of rotatable bonds is 14. The van der Waals surface area contributed by atoms with Crippen molar-refractivity contribution >= 4 is 23.7 Å². The highest BCUT2D eigenvalue weighted by Crippen LogP contribution is 2.04. The van der Waals surface area contributed by atoms with Gasteiger partial charge in [0.05, 0.1) is 6.61 Å². The molecule has 0 aromatic carbocycles. The molecule has 0 aromatic rings. The summed E-state index contributed by atoms with van der Waals surface area (Å²) in [7, 11) is 0. The Hall–Kier alpha value is -2.44. The van der Waals surface area contributed by atoms with E-state index in [1.54, 1.807) is 0 Å². The second-order valence-corrected chi connectivity index (χ2v) is 5.98. The molecule has 156 valence electrons. The largest absolute Gasteiger partial charge is 0.480 e. The topological polar surface area (TPSA) is 232 Å². The minimum Gasteiger partial charge on any atom is -0.480 e.